The van der Waals surface area contributed by atoms with Crippen molar-refractivity contribution in [1.82, 2.24) is 0 Å². The van der Waals surface area contributed by atoms with Gasteiger partial charge in [-0.25, -0.2) is 0 Å². The normalized spacial score (nSPS) is 11.4. The number of aliphatic hydroxyl groups is 2. The van der Waals surface area contributed by atoms with Crippen LogP contribution in [-0.4, -0.2) is 57.7 Å². The smallest absolute Gasteiger partial charge is 0.229 e. The maximum atomic E-state index is 11.5. The van der Waals surface area contributed by atoms with E-state index in [4.69, 9.17) is 28.8 Å². The Morgan fingerprint density at radius 2 is 1.30 bits per heavy atom. The SMILES string of the molecule is COc1ccccc1C(O)(OCOCCOCCO)c1ccccc1OC. The van der Waals surface area contributed by atoms with Gasteiger partial charge >= 0.3 is 0 Å². The molecule has 0 fully saturated rings. The Balaban J connectivity index is 2.24. The highest BCUT2D eigenvalue weighted by Gasteiger charge is 2.38. The maximum Gasteiger partial charge on any atom is 0.229 e. The minimum atomic E-state index is -1.84. The lowest BCUT2D eigenvalue weighted by molar-refractivity contribution is -0.233. The fourth-order valence-corrected chi connectivity index (χ4v) is 2.62. The zero-order chi connectivity index (χ0) is 19.5. The molecule has 0 saturated carbocycles. The average molecular weight is 378 g/mol. The number of hydrogen-bond acceptors (Lipinski definition) is 7. The highest BCUT2D eigenvalue weighted by atomic mass is 16.7. The van der Waals surface area contributed by atoms with Gasteiger partial charge in [0.1, 0.15) is 11.5 Å². The topological polar surface area (TPSA) is 86.6 Å². The van der Waals surface area contributed by atoms with E-state index in [-0.39, 0.29) is 26.6 Å². The van der Waals surface area contributed by atoms with Gasteiger partial charge in [-0.2, -0.15) is 0 Å². The molecule has 0 aromatic heterocycles. The van der Waals surface area contributed by atoms with Gasteiger partial charge in [0.25, 0.3) is 0 Å². The summed E-state index contributed by atoms with van der Waals surface area (Å²) >= 11 is 0. The molecule has 0 unspecified atom stereocenters. The summed E-state index contributed by atoms with van der Waals surface area (Å²) in [6, 6.07) is 14.1. The molecule has 148 valence electrons. The van der Waals surface area contributed by atoms with E-state index in [1.807, 2.05) is 0 Å². The monoisotopic (exact) mass is 378 g/mol. The van der Waals surface area contributed by atoms with E-state index in [0.717, 1.165) is 0 Å². The van der Waals surface area contributed by atoms with Gasteiger partial charge in [-0.15, -0.1) is 0 Å². The lowest BCUT2D eigenvalue weighted by Crippen LogP contribution is -2.33. The highest BCUT2D eigenvalue weighted by molar-refractivity contribution is 5.47. The predicted molar refractivity (Wildman–Crippen MR) is 98.8 cm³/mol. The highest BCUT2D eigenvalue weighted by Crippen LogP contribution is 2.40. The molecular weight excluding hydrogens is 352 g/mol. The van der Waals surface area contributed by atoms with E-state index < -0.39 is 5.79 Å². The van der Waals surface area contributed by atoms with Gasteiger partial charge in [0.15, 0.2) is 6.79 Å². The van der Waals surface area contributed by atoms with Crippen molar-refractivity contribution in [1.29, 1.82) is 0 Å². The van der Waals surface area contributed by atoms with Crippen LogP contribution < -0.4 is 9.47 Å². The summed E-state index contributed by atoms with van der Waals surface area (Å²) in [6.45, 7) is 0.586. The van der Waals surface area contributed by atoms with Crippen LogP contribution in [0.25, 0.3) is 0 Å². The molecule has 2 rings (SSSR count). The number of rotatable bonds is 12. The van der Waals surface area contributed by atoms with Crippen molar-refractivity contribution in [2.45, 2.75) is 5.79 Å². The molecule has 0 saturated heterocycles. The second kappa shape index (κ2) is 10.9. The Kier molecular flexibility index (Phi) is 8.50. The molecule has 2 aromatic carbocycles. The molecule has 7 nitrogen and oxygen atoms in total. The molecule has 0 aliphatic rings. The van der Waals surface area contributed by atoms with Crippen LogP contribution in [0.15, 0.2) is 48.5 Å². The van der Waals surface area contributed by atoms with E-state index in [1.165, 1.54) is 14.2 Å². The summed E-state index contributed by atoms with van der Waals surface area (Å²) in [5.74, 6) is -0.903. The molecule has 7 heteroatoms. The van der Waals surface area contributed by atoms with Crippen molar-refractivity contribution >= 4 is 0 Å². The molecular formula is C20H26O7. The van der Waals surface area contributed by atoms with Crippen LogP contribution in [0.3, 0.4) is 0 Å². The van der Waals surface area contributed by atoms with Gasteiger partial charge in [0.05, 0.1) is 51.8 Å². The van der Waals surface area contributed by atoms with Crippen LogP contribution in [0.5, 0.6) is 11.5 Å². The van der Waals surface area contributed by atoms with Crippen molar-refractivity contribution in [2.75, 3.05) is 47.4 Å². The molecule has 0 aliphatic carbocycles. The Morgan fingerprint density at radius 3 is 1.81 bits per heavy atom. The lowest BCUT2D eigenvalue weighted by atomic mass is 9.95. The first kappa shape index (κ1) is 21.1. The molecule has 0 atom stereocenters. The standard InChI is InChI=1S/C20H26O7/c1-23-18-9-5-3-7-16(18)20(22,17-8-4-6-10-19(17)24-2)27-15-26-14-13-25-12-11-21/h3-10,21-22H,11-15H2,1-2H3. The molecule has 2 N–H and O–H groups in total. The zero-order valence-corrected chi connectivity index (χ0v) is 15.6. The van der Waals surface area contributed by atoms with Crippen molar-refractivity contribution in [2.24, 2.45) is 0 Å². The third-order valence-corrected chi connectivity index (χ3v) is 3.90. The molecule has 0 amide bonds. The minimum absolute atomic E-state index is 0.0438. The zero-order valence-electron chi connectivity index (χ0n) is 15.6. The summed E-state index contributed by atoms with van der Waals surface area (Å²) in [6.07, 6.45) is 0. The van der Waals surface area contributed by atoms with Crippen molar-refractivity contribution in [3.63, 3.8) is 0 Å². The predicted octanol–water partition coefficient (Wildman–Crippen LogP) is 1.90. The van der Waals surface area contributed by atoms with Gasteiger partial charge in [0, 0.05) is 0 Å². The average Bonchev–Trinajstić information content (AvgIpc) is 2.72. The number of para-hydroxylation sites is 2. The molecule has 0 bridgehead atoms. The first-order valence-corrected chi connectivity index (χ1v) is 8.57. The van der Waals surface area contributed by atoms with E-state index >= 15 is 0 Å². The summed E-state index contributed by atoms with van der Waals surface area (Å²) in [7, 11) is 3.05. The Hall–Kier alpha value is -2.16. The van der Waals surface area contributed by atoms with E-state index in [2.05, 4.69) is 0 Å². The van der Waals surface area contributed by atoms with Gasteiger partial charge in [-0.1, -0.05) is 24.3 Å². The van der Waals surface area contributed by atoms with Crippen LogP contribution in [0.1, 0.15) is 11.1 Å². The second-order valence-corrected chi connectivity index (χ2v) is 5.55. The number of aliphatic hydroxyl groups excluding tert-OH is 1. The van der Waals surface area contributed by atoms with E-state index in [0.29, 0.717) is 29.2 Å². The van der Waals surface area contributed by atoms with E-state index in [1.54, 1.807) is 48.5 Å². The quantitative estimate of drug-likeness (QED) is 0.431. The summed E-state index contributed by atoms with van der Waals surface area (Å²) in [5.41, 5.74) is 0.856. The lowest BCUT2D eigenvalue weighted by Gasteiger charge is -2.31. The van der Waals surface area contributed by atoms with Crippen molar-refractivity contribution in [3.05, 3.63) is 59.7 Å². The number of hydrogen-bond donors (Lipinski definition) is 2. The molecule has 0 spiro atoms. The first-order valence-electron chi connectivity index (χ1n) is 8.57. The first-order chi connectivity index (χ1) is 13.2. The molecule has 0 radical (unpaired) electrons. The number of methoxy groups -OCH3 is 2. The maximum absolute atomic E-state index is 11.5. The summed E-state index contributed by atoms with van der Waals surface area (Å²) in [4.78, 5) is 0. The van der Waals surface area contributed by atoms with Gasteiger partial charge in [-0.05, 0) is 24.3 Å². The van der Waals surface area contributed by atoms with Crippen LogP contribution in [0, 0.1) is 0 Å². The fourth-order valence-electron chi connectivity index (χ4n) is 2.62. The largest absolute Gasteiger partial charge is 0.496 e. The second-order valence-electron chi connectivity index (χ2n) is 5.55. The number of ether oxygens (including phenoxy) is 5. The minimum Gasteiger partial charge on any atom is -0.496 e. The summed E-state index contributed by atoms with van der Waals surface area (Å²) < 4.78 is 27.1. The van der Waals surface area contributed by atoms with Crippen molar-refractivity contribution < 1.29 is 33.9 Å². The van der Waals surface area contributed by atoms with Crippen molar-refractivity contribution in [3.8, 4) is 11.5 Å². The van der Waals surface area contributed by atoms with E-state index in [9.17, 15) is 5.11 Å². The fraction of sp³-hybridized carbons (Fsp3) is 0.400. The number of benzene rings is 2. The van der Waals surface area contributed by atoms with Gasteiger partial charge in [0.2, 0.25) is 5.79 Å². The van der Waals surface area contributed by atoms with Crippen LogP contribution in [0.2, 0.25) is 0 Å². The third kappa shape index (κ3) is 5.41. The Labute approximate surface area is 159 Å². The molecule has 0 aliphatic heterocycles. The molecule has 2 aromatic rings. The molecule has 0 heterocycles. The Bertz CT molecular complexity index is 642. The molecule has 27 heavy (non-hydrogen) atoms. The third-order valence-electron chi connectivity index (χ3n) is 3.90. The Morgan fingerprint density at radius 1 is 0.778 bits per heavy atom. The van der Waals surface area contributed by atoms with Gasteiger partial charge in [-0.3, -0.25) is 0 Å². The van der Waals surface area contributed by atoms with Crippen LogP contribution >= 0.6 is 0 Å². The van der Waals surface area contributed by atoms with Crippen LogP contribution in [0.4, 0.5) is 0 Å². The summed E-state index contributed by atoms with van der Waals surface area (Å²) in [5, 5.41) is 20.2. The van der Waals surface area contributed by atoms with Gasteiger partial charge < -0.3 is 33.9 Å². The van der Waals surface area contributed by atoms with Crippen LogP contribution in [-0.2, 0) is 20.0 Å².